The Hall–Kier alpha value is -2.09. The zero-order valence-corrected chi connectivity index (χ0v) is 14.7. The number of nitrogens with one attached hydrogen (secondary N) is 1. The Bertz CT molecular complexity index is 634. The molecule has 8 heteroatoms. The molecule has 1 aromatic rings. The molecule has 144 valence electrons. The van der Waals surface area contributed by atoms with Gasteiger partial charge in [0.25, 0.3) is 0 Å². The van der Waals surface area contributed by atoms with Crippen LogP contribution in [0.3, 0.4) is 0 Å². The summed E-state index contributed by atoms with van der Waals surface area (Å²) < 4.78 is 40.2. The van der Waals surface area contributed by atoms with Crippen LogP contribution in [0.1, 0.15) is 19.4 Å². The highest BCUT2D eigenvalue weighted by Gasteiger charge is 2.52. The van der Waals surface area contributed by atoms with Gasteiger partial charge in [0.05, 0.1) is 11.8 Å². The second-order valence-electron chi connectivity index (χ2n) is 7.00. The molecule has 1 heterocycles. The highest BCUT2D eigenvalue weighted by molar-refractivity contribution is 5.85. The fourth-order valence-electron chi connectivity index (χ4n) is 3.23. The summed E-state index contributed by atoms with van der Waals surface area (Å²) in [5, 5.41) is 11.4. The van der Waals surface area contributed by atoms with Crippen LogP contribution in [0.2, 0.25) is 0 Å². The van der Waals surface area contributed by atoms with E-state index in [-0.39, 0.29) is 13.1 Å². The minimum absolute atomic E-state index is 0.0602. The smallest absolute Gasteiger partial charge is 0.393 e. The van der Waals surface area contributed by atoms with Crippen molar-refractivity contribution in [2.75, 3.05) is 13.1 Å². The Labute approximate surface area is 150 Å². The zero-order valence-electron chi connectivity index (χ0n) is 14.7. The number of hydrogen-bond acceptors (Lipinski definition) is 3. The van der Waals surface area contributed by atoms with Crippen LogP contribution in [0, 0.1) is 17.8 Å². The Morgan fingerprint density at radius 2 is 1.85 bits per heavy atom. The van der Waals surface area contributed by atoms with Crippen molar-refractivity contribution < 1.29 is 27.9 Å². The first-order valence-electron chi connectivity index (χ1n) is 8.45. The number of carbonyl (C=O) groups is 2. The van der Waals surface area contributed by atoms with Crippen molar-refractivity contribution in [3.05, 3.63) is 35.9 Å². The van der Waals surface area contributed by atoms with Gasteiger partial charge in [-0.25, -0.2) is 4.79 Å². The zero-order chi connectivity index (χ0) is 19.5. The summed E-state index contributed by atoms with van der Waals surface area (Å²) in [6.45, 7) is 3.16. The molecule has 1 amide bonds. The molecule has 0 aromatic heterocycles. The van der Waals surface area contributed by atoms with Crippen molar-refractivity contribution in [2.24, 2.45) is 17.8 Å². The van der Waals surface area contributed by atoms with E-state index in [1.807, 2.05) is 18.2 Å². The van der Waals surface area contributed by atoms with E-state index in [0.717, 1.165) is 5.56 Å². The average molecular weight is 372 g/mol. The molecule has 1 fully saturated rings. The molecule has 0 spiro atoms. The predicted octanol–water partition coefficient (Wildman–Crippen LogP) is 2.52. The maximum Gasteiger partial charge on any atom is 0.393 e. The number of carboxylic acids is 1. The fourth-order valence-corrected chi connectivity index (χ4v) is 3.23. The summed E-state index contributed by atoms with van der Waals surface area (Å²) in [4.78, 5) is 25.2. The summed E-state index contributed by atoms with van der Waals surface area (Å²) >= 11 is 0. The highest BCUT2D eigenvalue weighted by Crippen LogP contribution is 2.38. The summed E-state index contributed by atoms with van der Waals surface area (Å²) in [5.41, 5.74) is 0.861. The van der Waals surface area contributed by atoms with E-state index in [1.165, 1.54) is 0 Å². The maximum absolute atomic E-state index is 13.4. The fraction of sp³-hybridized carbons (Fsp3) is 0.556. The molecule has 0 bridgehead atoms. The van der Waals surface area contributed by atoms with Crippen LogP contribution < -0.4 is 5.32 Å². The molecular formula is C18H23F3N2O3. The number of aliphatic carboxylic acids is 1. The van der Waals surface area contributed by atoms with Gasteiger partial charge in [-0.1, -0.05) is 44.2 Å². The molecule has 5 nitrogen and oxygen atoms in total. The molecule has 26 heavy (non-hydrogen) atoms. The second kappa shape index (κ2) is 8.07. The SMILES string of the molecule is CC(C)[C@H](NC(=O)[C@@H]1CN(Cc2ccccc2)C[C@H]1C(F)(F)F)C(=O)O. The van der Waals surface area contributed by atoms with E-state index < -0.39 is 41.8 Å². The van der Waals surface area contributed by atoms with E-state index in [0.29, 0.717) is 6.54 Å². The molecule has 1 saturated heterocycles. The predicted molar refractivity (Wildman–Crippen MR) is 89.2 cm³/mol. The molecule has 2 N–H and O–H groups in total. The van der Waals surface area contributed by atoms with Crippen LogP contribution in [0.4, 0.5) is 13.2 Å². The van der Waals surface area contributed by atoms with Gasteiger partial charge in [0, 0.05) is 19.6 Å². The Balaban J connectivity index is 2.13. The second-order valence-corrected chi connectivity index (χ2v) is 7.00. The normalized spacial score (nSPS) is 22.4. The van der Waals surface area contributed by atoms with Crippen LogP contribution >= 0.6 is 0 Å². The van der Waals surface area contributed by atoms with Gasteiger partial charge in [0.1, 0.15) is 6.04 Å². The van der Waals surface area contributed by atoms with Crippen molar-refractivity contribution in [3.8, 4) is 0 Å². The van der Waals surface area contributed by atoms with Crippen molar-refractivity contribution >= 4 is 11.9 Å². The number of hydrogen-bond donors (Lipinski definition) is 2. The van der Waals surface area contributed by atoms with E-state index >= 15 is 0 Å². The minimum atomic E-state index is -4.52. The Morgan fingerprint density at radius 3 is 2.35 bits per heavy atom. The summed E-state index contributed by atoms with van der Waals surface area (Å²) in [5.74, 6) is -5.67. The molecule has 1 aliphatic heterocycles. The van der Waals surface area contributed by atoms with Crippen molar-refractivity contribution in [2.45, 2.75) is 32.6 Å². The number of rotatable bonds is 6. The molecular weight excluding hydrogens is 349 g/mol. The molecule has 2 rings (SSSR count). The van der Waals surface area contributed by atoms with E-state index in [1.54, 1.807) is 30.9 Å². The molecule has 1 aliphatic rings. The van der Waals surface area contributed by atoms with Gasteiger partial charge >= 0.3 is 12.1 Å². The van der Waals surface area contributed by atoms with Gasteiger partial charge in [-0.3, -0.25) is 9.69 Å². The van der Waals surface area contributed by atoms with Crippen LogP contribution in [-0.2, 0) is 16.1 Å². The number of likely N-dealkylation sites (tertiary alicyclic amines) is 1. The number of alkyl halides is 3. The van der Waals surface area contributed by atoms with Gasteiger partial charge in [-0.15, -0.1) is 0 Å². The number of carboxylic acid groups (broad SMARTS) is 1. The Morgan fingerprint density at radius 1 is 1.23 bits per heavy atom. The molecule has 3 atom stereocenters. The lowest BCUT2D eigenvalue weighted by Crippen LogP contribution is -2.49. The summed E-state index contributed by atoms with van der Waals surface area (Å²) in [6, 6.07) is 7.85. The first-order chi connectivity index (χ1) is 12.1. The molecule has 0 aliphatic carbocycles. The third kappa shape index (κ3) is 4.97. The minimum Gasteiger partial charge on any atom is -0.480 e. The summed E-state index contributed by atoms with van der Waals surface area (Å²) in [7, 11) is 0. The van der Waals surface area contributed by atoms with Gasteiger partial charge in [0.15, 0.2) is 0 Å². The van der Waals surface area contributed by atoms with Crippen LogP contribution in [-0.4, -0.2) is 47.2 Å². The van der Waals surface area contributed by atoms with Gasteiger partial charge < -0.3 is 10.4 Å². The number of benzene rings is 1. The van der Waals surface area contributed by atoms with Crippen LogP contribution in [0.15, 0.2) is 30.3 Å². The topological polar surface area (TPSA) is 69.6 Å². The lowest BCUT2D eigenvalue weighted by molar-refractivity contribution is -0.183. The lowest BCUT2D eigenvalue weighted by atomic mass is 9.93. The number of carbonyl (C=O) groups excluding carboxylic acids is 1. The standard InChI is InChI=1S/C18H23F3N2O3/c1-11(2)15(17(25)26)22-16(24)13-9-23(10-14(13)18(19,20)21)8-12-6-4-3-5-7-12/h3-7,11,13-15H,8-10H2,1-2H3,(H,22,24)(H,25,26)/t13-,14-,15+/m1/s1. The molecule has 0 unspecified atom stereocenters. The van der Waals surface area contributed by atoms with Gasteiger partial charge in [-0.05, 0) is 11.5 Å². The molecule has 0 saturated carbocycles. The lowest BCUT2D eigenvalue weighted by Gasteiger charge is -2.24. The van der Waals surface area contributed by atoms with E-state index in [4.69, 9.17) is 5.11 Å². The molecule has 1 aromatic carbocycles. The van der Waals surface area contributed by atoms with E-state index in [2.05, 4.69) is 5.32 Å². The number of halogens is 3. The van der Waals surface area contributed by atoms with Gasteiger partial charge in [0.2, 0.25) is 5.91 Å². The van der Waals surface area contributed by atoms with Gasteiger partial charge in [-0.2, -0.15) is 13.2 Å². The molecule has 0 radical (unpaired) electrons. The summed E-state index contributed by atoms with van der Waals surface area (Å²) in [6.07, 6.45) is -4.52. The third-order valence-electron chi connectivity index (χ3n) is 4.63. The average Bonchev–Trinajstić information content (AvgIpc) is 2.97. The highest BCUT2D eigenvalue weighted by atomic mass is 19.4. The first-order valence-corrected chi connectivity index (χ1v) is 8.45. The Kier molecular flexibility index (Phi) is 6.28. The van der Waals surface area contributed by atoms with Crippen molar-refractivity contribution in [3.63, 3.8) is 0 Å². The third-order valence-corrected chi connectivity index (χ3v) is 4.63. The van der Waals surface area contributed by atoms with Crippen molar-refractivity contribution in [1.82, 2.24) is 10.2 Å². The number of amides is 1. The number of nitrogens with zero attached hydrogens (tertiary/aromatic N) is 1. The quantitative estimate of drug-likeness (QED) is 0.805. The largest absolute Gasteiger partial charge is 0.480 e. The van der Waals surface area contributed by atoms with Crippen LogP contribution in [0.25, 0.3) is 0 Å². The first kappa shape index (κ1) is 20.2. The van der Waals surface area contributed by atoms with Crippen LogP contribution in [0.5, 0.6) is 0 Å². The maximum atomic E-state index is 13.4. The van der Waals surface area contributed by atoms with E-state index in [9.17, 15) is 22.8 Å². The van der Waals surface area contributed by atoms with Crippen molar-refractivity contribution in [1.29, 1.82) is 0 Å². The monoisotopic (exact) mass is 372 g/mol.